The first kappa shape index (κ1) is 20.0. The summed E-state index contributed by atoms with van der Waals surface area (Å²) in [6.07, 6.45) is 1.52. The maximum absolute atomic E-state index is 12.0. The van der Waals surface area contributed by atoms with E-state index in [9.17, 15) is 23.1 Å². The van der Waals surface area contributed by atoms with Gasteiger partial charge < -0.3 is 14.7 Å². The first-order valence-corrected chi connectivity index (χ1v) is 10.2. The molecule has 0 bridgehead atoms. The van der Waals surface area contributed by atoms with Gasteiger partial charge in [0.05, 0.1) is 29.5 Å². The highest BCUT2D eigenvalue weighted by Gasteiger charge is 2.27. The van der Waals surface area contributed by atoms with Crippen LogP contribution in [0.15, 0.2) is 18.2 Å². The summed E-state index contributed by atoms with van der Waals surface area (Å²) in [6, 6.07) is 4.54. The summed E-state index contributed by atoms with van der Waals surface area (Å²) in [6.45, 7) is 4.69. The number of piperidine rings is 1. The van der Waals surface area contributed by atoms with Crippen LogP contribution in [0.3, 0.4) is 0 Å². The van der Waals surface area contributed by atoms with E-state index in [1.165, 1.54) is 19.1 Å². The molecule has 1 aliphatic rings. The lowest BCUT2D eigenvalue weighted by molar-refractivity contribution is -0.148. The second-order valence-corrected chi connectivity index (χ2v) is 8.09. The summed E-state index contributed by atoms with van der Waals surface area (Å²) in [7, 11) is -3.58. The molecule has 26 heavy (non-hydrogen) atoms. The Morgan fingerprint density at radius 1 is 1.35 bits per heavy atom. The molecule has 1 heterocycles. The van der Waals surface area contributed by atoms with Gasteiger partial charge in [-0.2, -0.15) is 0 Å². The Bertz CT molecular complexity index is 777. The minimum Gasteiger partial charge on any atom is -0.478 e. The highest BCUT2D eigenvalue weighted by atomic mass is 32.2. The lowest BCUT2D eigenvalue weighted by Gasteiger charge is -2.33. The van der Waals surface area contributed by atoms with Crippen molar-refractivity contribution >= 4 is 33.3 Å². The molecule has 0 spiro atoms. The van der Waals surface area contributed by atoms with Crippen LogP contribution < -0.4 is 9.62 Å². The van der Waals surface area contributed by atoms with E-state index in [1.54, 1.807) is 13.0 Å². The number of aromatic carboxylic acids is 1. The lowest BCUT2D eigenvalue weighted by atomic mass is 9.97. The molecule has 1 aliphatic heterocycles. The minimum absolute atomic E-state index is 0.0297. The number of nitrogens with zero attached hydrogens (tertiary/aromatic N) is 1. The van der Waals surface area contributed by atoms with Crippen molar-refractivity contribution in [3.8, 4) is 0 Å². The largest absolute Gasteiger partial charge is 0.478 e. The number of anilines is 2. The van der Waals surface area contributed by atoms with Crippen LogP contribution in [0.2, 0.25) is 0 Å². The topological polar surface area (TPSA) is 113 Å². The number of hydrogen-bond donors (Lipinski definition) is 2. The van der Waals surface area contributed by atoms with Gasteiger partial charge in [-0.15, -0.1) is 0 Å². The van der Waals surface area contributed by atoms with Crippen LogP contribution in [0.25, 0.3) is 0 Å². The molecule has 2 rings (SSSR count). The van der Waals surface area contributed by atoms with Gasteiger partial charge in [-0.25, -0.2) is 13.2 Å². The van der Waals surface area contributed by atoms with Crippen molar-refractivity contribution in [2.24, 2.45) is 5.92 Å². The van der Waals surface area contributed by atoms with E-state index in [0.717, 1.165) is 12.8 Å². The SMILES string of the molecule is CCOC(=O)C1CCCN(c2ccc(NS(=O)(=O)CC)c(C(=O)O)c2)C1. The van der Waals surface area contributed by atoms with Gasteiger partial charge in [0, 0.05) is 18.8 Å². The zero-order valence-electron chi connectivity index (χ0n) is 14.9. The van der Waals surface area contributed by atoms with E-state index in [4.69, 9.17) is 4.74 Å². The fraction of sp³-hybridized carbons (Fsp3) is 0.529. The Balaban J connectivity index is 2.26. The van der Waals surface area contributed by atoms with Crippen LogP contribution >= 0.6 is 0 Å². The van der Waals surface area contributed by atoms with Gasteiger partial charge in [0.25, 0.3) is 0 Å². The molecule has 144 valence electrons. The minimum atomic E-state index is -3.58. The third kappa shape index (κ3) is 4.87. The summed E-state index contributed by atoms with van der Waals surface area (Å²) in [5.74, 6) is -1.88. The molecule has 2 N–H and O–H groups in total. The van der Waals surface area contributed by atoms with Crippen molar-refractivity contribution < 1.29 is 27.9 Å². The van der Waals surface area contributed by atoms with Gasteiger partial charge in [-0.1, -0.05) is 0 Å². The first-order valence-electron chi connectivity index (χ1n) is 8.56. The molecule has 1 fully saturated rings. The summed E-state index contributed by atoms with van der Waals surface area (Å²) in [5.41, 5.74) is 0.538. The highest BCUT2D eigenvalue weighted by Crippen LogP contribution is 2.28. The Morgan fingerprint density at radius 3 is 2.69 bits per heavy atom. The van der Waals surface area contributed by atoms with Crippen LogP contribution in [0.5, 0.6) is 0 Å². The van der Waals surface area contributed by atoms with Crippen molar-refractivity contribution in [2.45, 2.75) is 26.7 Å². The van der Waals surface area contributed by atoms with E-state index in [-0.39, 0.29) is 28.9 Å². The second-order valence-electron chi connectivity index (χ2n) is 6.08. The molecule has 8 nitrogen and oxygen atoms in total. The molecule has 0 amide bonds. The zero-order valence-corrected chi connectivity index (χ0v) is 15.7. The van der Waals surface area contributed by atoms with E-state index in [2.05, 4.69) is 4.72 Å². The monoisotopic (exact) mass is 384 g/mol. The Labute approximate surface area is 153 Å². The molecule has 1 atom stereocenters. The Hall–Kier alpha value is -2.29. The van der Waals surface area contributed by atoms with Gasteiger partial charge in [0.1, 0.15) is 0 Å². The van der Waals surface area contributed by atoms with Gasteiger partial charge in [-0.3, -0.25) is 9.52 Å². The predicted molar refractivity (Wildman–Crippen MR) is 98.1 cm³/mol. The van der Waals surface area contributed by atoms with E-state index >= 15 is 0 Å². The smallest absolute Gasteiger partial charge is 0.337 e. The van der Waals surface area contributed by atoms with Crippen LogP contribution in [-0.2, 0) is 19.6 Å². The van der Waals surface area contributed by atoms with E-state index < -0.39 is 16.0 Å². The standard InChI is InChI=1S/C17H24N2O6S/c1-3-25-17(22)12-6-5-9-19(11-12)13-7-8-15(14(10-13)16(20)21)18-26(23,24)4-2/h7-8,10,12,18H,3-6,9,11H2,1-2H3,(H,20,21). The summed E-state index contributed by atoms with van der Waals surface area (Å²) in [4.78, 5) is 25.5. The first-order chi connectivity index (χ1) is 12.3. The molecule has 1 aromatic rings. The summed E-state index contributed by atoms with van der Waals surface area (Å²) in [5, 5.41) is 9.44. The number of benzene rings is 1. The number of nitrogens with one attached hydrogen (secondary N) is 1. The number of sulfonamides is 1. The summed E-state index contributed by atoms with van der Waals surface area (Å²) >= 11 is 0. The molecule has 0 aromatic heterocycles. The molecule has 1 aromatic carbocycles. The molecule has 0 saturated carbocycles. The van der Waals surface area contributed by atoms with Crippen molar-refractivity contribution in [2.75, 3.05) is 35.1 Å². The maximum Gasteiger partial charge on any atom is 0.337 e. The molecular weight excluding hydrogens is 360 g/mol. The number of carboxylic acids is 1. The summed E-state index contributed by atoms with van der Waals surface area (Å²) < 4.78 is 30.9. The fourth-order valence-corrected chi connectivity index (χ4v) is 3.56. The van der Waals surface area contributed by atoms with Gasteiger partial charge in [-0.05, 0) is 44.9 Å². The number of carbonyl (C=O) groups excluding carboxylic acids is 1. The quantitative estimate of drug-likeness (QED) is 0.691. The normalized spacial score (nSPS) is 17.6. The van der Waals surface area contributed by atoms with Gasteiger partial charge in [0.2, 0.25) is 10.0 Å². The van der Waals surface area contributed by atoms with Crippen LogP contribution in [0.1, 0.15) is 37.0 Å². The van der Waals surface area contributed by atoms with Crippen LogP contribution in [0, 0.1) is 5.92 Å². The number of carboxylic acid groups (broad SMARTS) is 1. The number of rotatable bonds is 7. The third-order valence-electron chi connectivity index (χ3n) is 4.29. The van der Waals surface area contributed by atoms with Gasteiger partial charge in [0.15, 0.2) is 0 Å². The van der Waals surface area contributed by atoms with Gasteiger partial charge >= 0.3 is 11.9 Å². The fourth-order valence-electron chi connectivity index (χ4n) is 2.90. The molecule has 0 aliphatic carbocycles. The highest BCUT2D eigenvalue weighted by molar-refractivity contribution is 7.92. The van der Waals surface area contributed by atoms with Crippen LogP contribution in [-0.4, -0.2) is 50.9 Å². The van der Waals surface area contributed by atoms with Crippen molar-refractivity contribution in [3.05, 3.63) is 23.8 Å². The lowest BCUT2D eigenvalue weighted by Crippen LogP contribution is -2.39. The maximum atomic E-state index is 12.0. The number of carbonyl (C=O) groups is 2. The number of esters is 1. The zero-order chi connectivity index (χ0) is 19.3. The Kier molecular flexibility index (Phi) is 6.47. The van der Waals surface area contributed by atoms with E-state index in [1.807, 2.05) is 4.90 Å². The second kappa shape index (κ2) is 8.39. The Morgan fingerprint density at radius 2 is 2.08 bits per heavy atom. The molecule has 1 saturated heterocycles. The van der Waals surface area contributed by atoms with Crippen molar-refractivity contribution in [1.82, 2.24) is 0 Å². The third-order valence-corrected chi connectivity index (χ3v) is 5.58. The van der Waals surface area contributed by atoms with Crippen LogP contribution in [0.4, 0.5) is 11.4 Å². The van der Waals surface area contributed by atoms with E-state index in [0.29, 0.717) is 25.4 Å². The van der Waals surface area contributed by atoms with Crippen molar-refractivity contribution in [3.63, 3.8) is 0 Å². The average molecular weight is 384 g/mol. The van der Waals surface area contributed by atoms with Crippen molar-refractivity contribution in [1.29, 1.82) is 0 Å². The molecule has 0 radical (unpaired) electrons. The number of hydrogen-bond acceptors (Lipinski definition) is 6. The molecule has 9 heteroatoms. The average Bonchev–Trinajstić information content (AvgIpc) is 2.62. The molecule has 1 unspecified atom stereocenters. The predicted octanol–water partition coefficient (Wildman–Crippen LogP) is 1.93. The molecular formula is C17H24N2O6S. The number of ether oxygens (including phenoxy) is 1.